The number of carbonyl (C=O) groups excluding carboxylic acids is 1. The molecule has 196 valence electrons. The van der Waals surface area contributed by atoms with E-state index >= 15 is 0 Å². The van der Waals surface area contributed by atoms with E-state index in [1.54, 1.807) is 0 Å². The van der Waals surface area contributed by atoms with Gasteiger partial charge < -0.3 is 4.74 Å². The van der Waals surface area contributed by atoms with Gasteiger partial charge >= 0.3 is 5.97 Å². The molecule has 0 atom stereocenters. The Labute approximate surface area is 216 Å². The molecule has 2 heteroatoms. The maximum atomic E-state index is 12.8. The molecule has 3 saturated carbocycles. The van der Waals surface area contributed by atoms with Crippen LogP contribution in [0.1, 0.15) is 151 Å². The third kappa shape index (κ3) is 7.83. The Hall–Kier alpha value is -1.31. The number of esters is 1. The standard InChI is InChI=1S/C33H52O2/c1-3-5-6-8-26-11-23-32(24-12-26)35-33(34)31-21-19-30(20-22-31)29-17-15-28(16-18-29)27-13-9-25(7-4-2)10-14-27/h19-22,25-29,32H,3-18,23-24H2,1-2H3/t25-,26-,27-,28-,29-,32-. The highest BCUT2D eigenvalue weighted by Crippen LogP contribution is 2.44. The van der Waals surface area contributed by atoms with Gasteiger partial charge in [0.25, 0.3) is 0 Å². The number of benzene rings is 1. The Morgan fingerprint density at radius 2 is 1.26 bits per heavy atom. The predicted octanol–water partition coefficient (Wildman–Crippen LogP) is 9.86. The van der Waals surface area contributed by atoms with E-state index in [0.717, 1.165) is 42.1 Å². The minimum absolute atomic E-state index is 0.117. The second-order valence-corrected chi connectivity index (χ2v) is 12.3. The van der Waals surface area contributed by atoms with E-state index in [1.807, 2.05) is 12.1 Å². The molecule has 0 saturated heterocycles. The quantitative estimate of drug-likeness (QED) is 0.246. The van der Waals surface area contributed by atoms with Crippen LogP contribution in [0.5, 0.6) is 0 Å². The molecule has 0 bridgehead atoms. The molecule has 2 nitrogen and oxygen atoms in total. The van der Waals surface area contributed by atoms with E-state index < -0.39 is 0 Å². The summed E-state index contributed by atoms with van der Waals surface area (Å²) < 4.78 is 5.90. The average Bonchev–Trinajstić information content (AvgIpc) is 2.91. The van der Waals surface area contributed by atoms with Crippen LogP contribution in [-0.2, 0) is 4.74 Å². The van der Waals surface area contributed by atoms with Gasteiger partial charge in [0.05, 0.1) is 5.56 Å². The van der Waals surface area contributed by atoms with Crippen LogP contribution in [0.25, 0.3) is 0 Å². The maximum Gasteiger partial charge on any atom is 0.338 e. The van der Waals surface area contributed by atoms with Gasteiger partial charge in [0.1, 0.15) is 6.10 Å². The van der Waals surface area contributed by atoms with Crippen molar-refractivity contribution in [2.45, 2.75) is 141 Å². The van der Waals surface area contributed by atoms with Crippen molar-refractivity contribution in [3.63, 3.8) is 0 Å². The van der Waals surface area contributed by atoms with Gasteiger partial charge in [-0.3, -0.25) is 0 Å². The van der Waals surface area contributed by atoms with Gasteiger partial charge in [-0.2, -0.15) is 0 Å². The first-order chi connectivity index (χ1) is 17.2. The molecule has 35 heavy (non-hydrogen) atoms. The smallest absolute Gasteiger partial charge is 0.338 e. The van der Waals surface area contributed by atoms with E-state index in [0.29, 0.717) is 5.92 Å². The van der Waals surface area contributed by atoms with Gasteiger partial charge in [-0.15, -0.1) is 0 Å². The highest BCUT2D eigenvalue weighted by Gasteiger charge is 2.31. The predicted molar refractivity (Wildman–Crippen MR) is 147 cm³/mol. The number of rotatable bonds is 10. The van der Waals surface area contributed by atoms with Gasteiger partial charge in [0, 0.05) is 0 Å². The fourth-order valence-corrected chi connectivity index (χ4v) is 7.61. The van der Waals surface area contributed by atoms with Crippen molar-refractivity contribution in [3.05, 3.63) is 35.4 Å². The van der Waals surface area contributed by atoms with Crippen molar-refractivity contribution in [1.29, 1.82) is 0 Å². The summed E-state index contributed by atoms with van der Waals surface area (Å²) in [4.78, 5) is 12.8. The zero-order valence-corrected chi connectivity index (χ0v) is 22.8. The lowest BCUT2D eigenvalue weighted by atomic mass is 9.68. The lowest BCUT2D eigenvalue weighted by Crippen LogP contribution is -2.25. The summed E-state index contributed by atoms with van der Waals surface area (Å²) in [7, 11) is 0. The van der Waals surface area contributed by atoms with Crippen LogP contribution in [0.15, 0.2) is 24.3 Å². The highest BCUT2D eigenvalue weighted by atomic mass is 16.5. The number of hydrogen-bond acceptors (Lipinski definition) is 2. The summed E-state index contributed by atoms with van der Waals surface area (Å²) in [6.07, 6.45) is 24.2. The zero-order chi connectivity index (χ0) is 24.5. The normalized spacial score (nSPS) is 31.7. The third-order valence-electron chi connectivity index (χ3n) is 9.93. The van der Waals surface area contributed by atoms with Crippen molar-refractivity contribution in [2.24, 2.45) is 23.7 Å². The van der Waals surface area contributed by atoms with Crippen LogP contribution in [0.3, 0.4) is 0 Å². The number of hydrogen-bond donors (Lipinski definition) is 0. The van der Waals surface area contributed by atoms with Crippen LogP contribution in [-0.4, -0.2) is 12.1 Å². The lowest BCUT2D eigenvalue weighted by Gasteiger charge is -2.38. The molecular weight excluding hydrogens is 428 g/mol. The third-order valence-corrected chi connectivity index (χ3v) is 9.93. The van der Waals surface area contributed by atoms with Gasteiger partial charge in [-0.05, 0) is 111 Å². The van der Waals surface area contributed by atoms with Gasteiger partial charge in [-0.1, -0.05) is 77.3 Å². The van der Waals surface area contributed by atoms with E-state index in [-0.39, 0.29) is 12.1 Å². The summed E-state index contributed by atoms with van der Waals surface area (Å²) >= 11 is 0. The Morgan fingerprint density at radius 1 is 0.686 bits per heavy atom. The average molecular weight is 481 g/mol. The second kappa shape index (κ2) is 13.8. The fourth-order valence-electron chi connectivity index (χ4n) is 7.61. The molecule has 1 aromatic rings. The van der Waals surface area contributed by atoms with Gasteiger partial charge in [0.15, 0.2) is 0 Å². The van der Waals surface area contributed by atoms with E-state index in [9.17, 15) is 4.79 Å². The zero-order valence-electron chi connectivity index (χ0n) is 22.8. The number of carbonyl (C=O) groups is 1. The molecule has 1 aromatic carbocycles. The summed E-state index contributed by atoms with van der Waals surface area (Å²) in [5, 5.41) is 0. The van der Waals surface area contributed by atoms with Crippen molar-refractivity contribution >= 4 is 5.97 Å². The SMILES string of the molecule is CCCCC[C@H]1CC[C@H](OC(=O)c2ccc([C@H]3CC[C@H]([C@H]4CC[C@H](CCC)CC4)CC3)cc2)CC1. The summed E-state index contributed by atoms with van der Waals surface area (Å²) in [6, 6.07) is 8.47. The van der Waals surface area contributed by atoms with E-state index in [4.69, 9.17) is 4.74 Å². The van der Waals surface area contributed by atoms with Gasteiger partial charge in [0.2, 0.25) is 0 Å². The largest absolute Gasteiger partial charge is 0.459 e. The minimum atomic E-state index is -0.117. The Bertz CT molecular complexity index is 729. The number of ether oxygens (including phenoxy) is 1. The van der Waals surface area contributed by atoms with Crippen LogP contribution in [0.4, 0.5) is 0 Å². The topological polar surface area (TPSA) is 26.3 Å². The Morgan fingerprint density at radius 3 is 1.86 bits per heavy atom. The molecule has 3 aliphatic carbocycles. The minimum Gasteiger partial charge on any atom is -0.459 e. The van der Waals surface area contributed by atoms with E-state index in [1.165, 1.54) is 108 Å². The van der Waals surface area contributed by atoms with Crippen LogP contribution in [0.2, 0.25) is 0 Å². The molecule has 0 N–H and O–H groups in total. The molecule has 0 heterocycles. The molecular formula is C33H52O2. The Balaban J connectivity index is 1.17. The molecule has 0 unspecified atom stereocenters. The van der Waals surface area contributed by atoms with Crippen molar-refractivity contribution in [3.8, 4) is 0 Å². The summed E-state index contributed by atoms with van der Waals surface area (Å²) in [5.41, 5.74) is 2.16. The second-order valence-electron chi connectivity index (χ2n) is 12.3. The molecule has 0 aliphatic heterocycles. The van der Waals surface area contributed by atoms with Crippen LogP contribution < -0.4 is 0 Å². The van der Waals surface area contributed by atoms with Gasteiger partial charge in [-0.25, -0.2) is 4.79 Å². The molecule has 0 spiro atoms. The molecule has 3 fully saturated rings. The van der Waals surface area contributed by atoms with Crippen molar-refractivity contribution in [2.75, 3.05) is 0 Å². The first-order valence-electron chi connectivity index (χ1n) is 15.5. The first-order valence-corrected chi connectivity index (χ1v) is 15.5. The highest BCUT2D eigenvalue weighted by molar-refractivity contribution is 5.89. The van der Waals surface area contributed by atoms with Crippen molar-refractivity contribution < 1.29 is 9.53 Å². The fraction of sp³-hybridized carbons (Fsp3) is 0.788. The lowest BCUT2D eigenvalue weighted by molar-refractivity contribution is 0.0161. The monoisotopic (exact) mass is 480 g/mol. The van der Waals surface area contributed by atoms with E-state index in [2.05, 4.69) is 26.0 Å². The van der Waals surface area contributed by atoms with Crippen molar-refractivity contribution in [1.82, 2.24) is 0 Å². The maximum absolute atomic E-state index is 12.8. The molecule has 3 aliphatic rings. The van der Waals surface area contributed by atoms with Crippen LogP contribution >= 0.6 is 0 Å². The molecule has 0 radical (unpaired) electrons. The summed E-state index contributed by atoms with van der Waals surface area (Å²) in [6.45, 7) is 4.61. The molecule has 0 amide bonds. The summed E-state index contributed by atoms with van der Waals surface area (Å²) in [5.74, 6) is 4.38. The van der Waals surface area contributed by atoms with Crippen LogP contribution in [0, 0.1) is 23.7 Å². The number of unbranched alkanes of at least 4 members (excludes halogenated alkanes) is 2. The first kappa shape index (κ1) is 26.7. The molecule has 4 rings (SSSR count). The molecule has 0 aromatic heterocycles. The Kier molecular flexibility index (Phi) is 10.6.